The Hall–Kier alpha value is -0.130. The normalized spacial score (nSPS) is 12.5. The van der Waals surface area contributed by atoms with Crippen LogP contribution in [0.1, 0.15) is 12.8 Å². The van der Waals surface area contributed by atoms with Crippen molar-refractivity contribution in [1.82, 2.24) is 0 Å². The molecule has 0 amide bonds. The first-order valence-electron chi connectivity index (χ1n) is 2.34. The van der Waals surface area contributed by atoms with E-state index in [0.717, 1.165) is 0 Å². The summed E-state index contributed by atoms with van der Waals surface area (Å²) in [6, 6.07) is 0. The fourth-order valence-electron chi connectivity index (χ4n) is 0.283. The molecule has 0 saturated carbocycles. The molecule has 0 radical (unpaired) electrons. The second-order valence-electron chi connectivity index (χ2n) is 1.73. The highest BCUT2D eigenvalue weighted by atomic mass is 35.5. The molecule has 0 heterocycles. The lowest BCUT2D eigenvalue weighted by Gasteiger charge is -2.07. The minimum atomic E-state index is -4.71. The summed E-state index contributed by atoms with van der Waals surface area (Å²) in [5.74, 6) is 0. The smallest absolute Gasteiger partial charge is 0.171 e. The summed E-state index contributed by atoms with van der Waals surface area (Å²) in [5, 5.41) is 0. The summed E-state index contributed by atoms with van der Waals surface area (Å²) >= 11 is 0. The van der Waals surface area contributed by atoms with Gasteiger partial charge in [-0.2, -0.15) is 26.3 Å². The van der Waals surface area contributed by atoms with Crippen molar-refractivity contribution in [2.45, 2.75) is 25.2 Å². The molecule has 0 aromatic carbocycles. The first-order chi connectivity index (χ1) is 4.21. The van der Waals surface area contributed by atoms with Crippen molar-refractivity contribution in [1.29, 1.82) is 0 Å². The fraction of sp³-hybridized carbons (Fsp3) is 1.00. The van der Waals surface area contributed by atoms with E-state index in [-0.39, 0.29) is 12.4 Å². The van der Waals surface area contributed by atoms with Gasteiger partial charge in [0.15, 0.2) is 0 Å². The molecule has 0 spiro atoms. The van der Waals surface area contributed by atoms with Crippen molar-refractivity contribution < 1.29 is 26.3 Å². The van der Waals surface area contributed by atoms with Gasteiger partial charge >= 0.3 is 12.4 Å². The summed E-state index contributed by atoms with van der Waals surface area (Å²) in [6.45, 7) is 0. The van der Waals surface area contributed by atoms with Crippen molar-refractivity contribution in [2.24, 2.45) is 0 Å². The van der Waals surface area contributed by atoms with Crippen LogP contribution in [0.15, 0.2) is 0 Å². The van der Waals surface area contributed by atoms with Gasteiger partial charge in [0, 0.05) is 0 Å². The van der Waals surface area contributed by atoms with Crippen molar-refractivity contribution >= 4 is 12.4 Å². The SMILES string of the molecule is Cl.FC(F)(F)CCC(F)(F)F. The van der Waals surface area contributed by atoms with E-state index in [0.29, 0.717) is 0 Å². The third kappa shape index (κ3) is 13.0. The van der Waals surface area contributed by atoms with E-state index in [9.17, 15) is 26.3 Å². The van der Waals surface area contributed by atoms with Gasteiger partial charge in [-0.3, -0.25) is 0 Å². The molecule has 0 aromatic heterocycles. The van der Waals surface area contributed by atoms with E-state index in [4.69, 9.17) is 0 Å². The van der Waals surface area contributed by atoms with Gasteiger partial charge in [0.25, 0.3) is 0 Å². The van der Waals surface area contributed by atoms with Crippen LogP contribution in [0.4, 0.5) is 26.3 Å². The van der Waals surface area contributed by atoms with Crippen molar-refractivity contribution in [2.75, 3.05) is 0 Å². The average molecular weight is 203 g/mol. The Kier molecular flexibility index (Phi) is 4.94. The molecule has 0 aliphatic heterocycles. The minimum absolute atomic E-state index is 0. The van der Waals surface area contributed by atoms with Gasteiger partial charge < -0.3 is 0 Å². The van der Waals surface area contributed by atoms with E-state index in [1.54, 1.807) is 0 Å². The van der Waals surface area contributed by atoms with E-state index >= 15 is 0 Å². The molecule has 0 nitrogen and oxygen atoms in total. The van der Waals surface area contributed by atoms with Gasteiger partial charge in [-0.1, -0.05) is 0 Å². The van der Waals surface area contributed by atoms with E-state index in [1.165, 1.54) is 0 Å². The lowest BCUT2D eigenvalue weighted by Crippen LogP contribution is -2.15. The highest BCUT2D eigenvalue weighted by Crippen LogP contribution is 2.29. The van der Waals surface area contributed by atoms with Gasteiger partial charge in [-0.25, -0.2) is 0 Å². The Morgan fingerprint density at radius 2 is 0.818 bits per heavy atom. The highest BCUT2D eigenvalue weighted by Gasteiger charge is 2.35. The number of hydrogen-bond acceptors (Lipinski definition) is 0. The Balaban J connectivity index is 0. The highest BCUT2D eigenvalue weighted by molar-refractivity contribution is 5.85. The molecule has 0 atom stereocenters. The Bertz CT molecular complexity index is 88.1. The van der Waals surface area contributed by atoms with Gasteiger partial charge in [0.05, 0.1) is 12.8 Å². The second kappa shape index (κ2) is 4.04. The zero-order chi connectivity index (χ0) is 8.41. The summed E-state index contributed by atoms with van der Waals surface area (Å²) in [5.41, 5.74) is 0. The second-order valence-corrected chi connectivity index (χ2v) is 1.73. The van der Waals surface area contributed by atoms with Crippen LogP contribution in [0.2, 0.25) is 0 Å². The van der Waals surface area contributed by atoms with Crippen LogP contribution in [-0.2, 0) is 0 Å². The Labute approximate surface area is 65.0 Å². The topological polar surface area (TPSA) is 0 Å². The average Bonchev–Trinajstić information content (AvgIpc) is 1.57. The van der Waals surface area contributed by atoms with Crippen LogP contribution < -0.4 is 0 Å². The lowest BCUT2D eigenvalue weighted by atomic mass is 10.3. The summed E-state index contributed by atoms with van der Waals surface area (Å²) < 4.78 is 66.5. The zero-order valence-electron chi connectivity index (χ0n) is 5.09. The quantitative estimate of drug-likeness (QED) is 0.572. The van der Waals surface area contributed by atoms with E-state index in [1.807, 2.05) is 0 Å². The predicted octanol–water partition coefficient (Wildman–Crippen LogP) is 3.31. The summed E-state index contributed by atoms with van der Waals surface area (Å²) in [6.07, 6.45) is -13.0. The third-order valence-corrected chi connectivity index (χ3v) is 0.692. The van der Waals surface area contributed by atoms with Crippen LogP contribution >= 0.6 is 12.4 Å². The largest absolute Gasteiger partial charge is 0.389 e. The monoisotopic (exact) mass is 202 g/mol. The Morgan fingerprint density at radius 3 is 0.909 bits per heavy atom. The number of rotatable bonds is 1. The Morgan fingerprint density at radius 1 is 0.636 bits per heavy atom. The molecular formula is C4H5ClF6. The van der Waals surface area contributed by atoms with Crippen LogP contribution in [0.5, 0.6) is 0 Å². The first-order valence-corrected chi connectivity index (χ1v) is 2.34. The summed E-state index contributed by atoms with van der Waals surface area (Å²) in [4.78, 5) is 0. The maximum atomic E-state index is 11.1. The molecule has 7 heteroatoms. The molecule has 0 aliphatic carbocycles. The van der Waals surface area contributed by atoms with Gasteiger partial charge in [0.1, 0.15) is 0 Å². The number of alkyl halides is 6. The summed E-state index contributed by atoms with van der Waals surface area (Å²) in [7, 11) is 0. The van der Waals surface area contributed by atoms with E-state index < -0.39 is 25.2 Å². The molecular weight excluding hydrogens is 197 g/mol. The van der Waals surface area contributed by atoms with Gasteiger partial charge in [0.2, 0.25) is 0 Å². The van der Waals surface area contributed by atoms with Crippen molar-refractivity contribution in [3.8, 4) is 0 Å². The minimum Gasteiger partial charge on any atom is -0.171 e. The molecule has 0 aromatic rings. The van der Waals surface area contributed by atoms with Crippen LogP contribution in [0.3, 0.4) is 0 Å². The van der Waals surface area contributed by atoms with Gasteiger partial charge in [-0.15, -0.1) is 12.4 Å². The zero-order valence-corrected chi connectivity index (χ0v) is 5.91. The standard InChI is InChI=1S/C4H4F6.ClH/c5-3(6,7)1-2-4(8,9)10;/h1-2H2;1H. The number of hydrogen-bond donors (Lipinski definition) is 0. The fourth-order valence-corrected chi connectivity index (χ4v) is 0.283. The van der Waals surface area contributed by atoms with Crippen LogP contribution in [-0.4, -0.2) is 12.4 Å². The molecule has 0 saturated heterocycles. The number of halogens is 7. The lowest BCUT2D eigenvalue weighted by molar-refractivity contribution is -0.183. The predicted molar refractivity (Wildman–Crippen MR) is 28.6 cm³/mol. The maximum absolute atomic E-state index is 11.1. The molecule has 0 fully saturated rings. The maximum Gasteiger partial charge on any atom is 0.389 e. The molecule has 70 valence electrons. The molecule has 11 heavy (non-hydrogen) atoms. The van der Waals surface area contributed by atoms with Gasteiger partial charge in [-0.05, 0) is 0 Å². The van der Waals surface area contributed by atoms with Crippen LogP contribution in [0.25, 0.3) is 0 Å². The molecule has 0 unspecified atom stereocenters. The first kappa shape index (κ1) is 13.5. The van der Waals surface area contributed by atoms with Crippen LogP contribution in [0, 0.1) is 0 Å². The van der Waals surface area contributed by atoms with E-state index in [2.05, 4.69) is 0 Å². The third-order valence-electron chi connectivity index (χ3n) is 0.692. The van der Waals surface area contributed by atoms with Crippen molar-refractivity contribution in [3.63, 3.8) is 0 Å². The molecule has 0 bridgehead atoms. The van der Waals surface area contributed by atoms with Crippen molar-refractivity contribution in [3.05, 3.63) is 0 Å². The molecule has 0 aliphatic rings. The molecule has 0 rings (SSSR count). The molecule has 0 N–H and O–H groups in total.